The molecule has 0 aliphatic carbocycles. The lowest BCUT2D eigenvalue weighted by Crippen LogP contribution is -2.45. The van der Waals surface area contributed by atoms with Crippen molar-refractivity contribution in [2.75, 3.05) is 62.4 Å². The zero-order chi connectivity index (χ0) is 17.3. The average molecular weight is 349 g/mol. The zero-order valence-electron chi connectivity index (χ0n) is 14.2. The van der Waals surface area contributed by atoms with Gasteiger partial charge in [-0.05, 0) is 6.07 Å². The molecule has 4 rings (SSSR count). The van der Waals surface area contributed by atoms with Crippen LogP contribution in [0.5, 0.6) is 0 Å². The molecule has 3 heterocycles. The predicted octanol–water partition coefficient (Wildman–Crippen LogP) is 1.77. The number of hydrogen-bond donors (Lipinski definition) is 0. The summed E-state index contributed by atoms with van der Waals surface area (Å²) in [6, 6.07) is 5.37. The number of benzene rings is 1. The SMILES string of the molecule is O=[N+]([O-])c1cc(N2CCOCC2)cc(N2CCC3(CC2)OCCO3)c1. The van der Waals surface area contributed by atoms with Crippen LogP contribution in [0.4, 0.5) is 17.1 Å². The van der Waals surface area contributed by atoms with E-state index in [1.807, 2.05) is 6.07 Å². The molecule has 0 bridgehead atoms. The monoisotopic (exact) mass is 349 g/mol. The standard InChI is InChI=1S/C17H23N3O5/c21-20(22)16-12-14(11-15(13-16)19-5-7-23-8-6-19)18-3-1-17(2-4-18)24-9-10-25-17/h11-13H,1-10H2. The van der Waals surface area contributed by atoms with Gasteiger partial charge in [-0.15, -0.1) is 0 Å². The van der Waals surface area contributed by atoms with Gasteiger partial charge in [-0.25, -0.2) is 0 Å². The van der Waals surface area contributed by atoms with Crippen molar-refractivity contribution in [3.63, 3.8) is 0 Å². The lowest BCUT2D eigenvalue weighted by Gasteiger charge is -2.39. The maximum absolute atomic E-state index is 11.4. The molecule has 3 saturated heterocycles. The van der Waals surface area contributed by atoms with Crippen LogP contribution in [0, 0.1) is 10.1 Å². The van der Waals surface area contributed by atoms with Crippen LogP contribution in [-0.2, 0) is 14.2 Å². The van der Waals surface area contributed by atoms with Gasteiger partial charge in [-0.3, -0.25) is 10.1 Å². The number of non-ortho nitro benzene ring substituents is 1. The Morgan fingerprint density at radius 3 is 2.00 bits per heavy atom. The first kappa shape index (κ1) is 16.6. The highest BCUT2D eigenvalue weighted by atomic mass is 16.7. The van der Waals surface area contributed by atoms with Crippen molar-refractivity contribution in [2.45, 2.75) is 18.6 Å². The Morgan fingerprint density at radius 1 is 0.880 bits per heavy atom. The number of nitrogens with zero attached hydrogens (tertiary/aromatic N) is 3. The normalized spacial score (nSPS) is 23.2. The molecule has 0 saturated carbocycles. The van der Waals surface area contributed by atoms with Crippen LogP contribution in [0.1, 0.15) is 12.8 Å². The first-order valence-electron chi connectivity index (χ1n) is 8.80. The molecule has 25 heavy (non-hydrogen) atoms. The summed E-state index contributed by atoms with van der Waals surface area (Å²) in [7, 11) is 0. The molecule has 0 radical (unpaired) electrons. The molecule has 3 fully saturated rings. The second-order valence-corrected chi connectivity index (χ2v) is 6.66. The maximum Gasteiger partial charge on any atom is 0.273 e. The van der Waals surface area contributed by atoms with Gasteiger partial charge in [0.15, 0.2) is 5.79 Å². The van der Waals surface area contributed by atoms with Gasteiger partial charge in [0.25, 0.3) is 5.69 Å². The van der Waals surface area contributed by atoms with Crippen LogP contribution >= 0.6 is 0 Å². The minimum atomic E-state index is -0.440. The van der Waals surface area contributed by atoms with Crippen LogP contribution in [0.3, 0.4) is 0 Å². The lowest BCUT2D eigenvalue weighted by molar-refractivity contribution is -0.384. The van der Waals surface area contributed by atoms with Crippen LogP contribution in [0.15, 0.2) is 18.2 Å². The quantitative estimate of drug-likeness (QED) is 0.608. The average Bonchev–Trinajstić information content (AvgIpc) is 3.10. The molecule has 8 nitrogen and oxygen atoms in total. The highest BCUT2D eigenvalue weighted by Gasteiger charge is 2.40. The summed E-state index contributed by atoms with van der Waals surface area (Å²) in [5.41, 5.74) is 1.91. The third-order valence-electron chi connectivity index (χ3n) is 5.18. The zero-order valence-corrected chi connectivity index (χ0v) is 14.2. The Hall–Kier alpha value is -1.90. The van der Waals surface area contributed by atoms with Crippen molar-refractivity contribution in [1.29, 1.82) is 0 Å². The summed E-state index contributed by atoms with van der Waals surface area (Å²) in [5.74, 6) is -0.440. The second-order valence-electron chi connectivity index (χ2n) is 6.66. The van der Waals surface area contributed by atoms with Crippen molar-refractivity contribution in [3.05, 3.63) is 28.3 Å². The van der Waals surface area contributed by atoms with Crippen LogP contribution in [0.2, 0.25) is 0 Å². The number of hydrogen-bond acceptors (Lipinski definition) is 7. The van der Waals surface area contributed by atoms with E-state index in [1.165, 1.54) is 0 Å². The van der Waals surface area contributed by atoms with Crippen LogP contribution in [0.25, 0.3) is 0 Å². The predicted molar refractivity (Wildman–Crippen MR) is 92.2 cm³/mol. The third kappa shape index (κ3) is 3.42. The molecule has 0 unspecified atom stereocenters. The van der Waals surface area contributed by atoms with Crippen LogP contribution in [-0.4, -0.2) is 63.3 Å². The molecular weight excluding hydrogens is 326 g/mol. The van der Waals surface area contributed by atoms with Crippen molar-refractivity contribution < 1.29 is 19.1 Å². The molecule has 1 aromatic carbocycles. The van der Waals surface area contributed by atoms with Gasteiger partial charge in [0.1, 0.15) is 0 Å². The second kappa shape index (κ2) is 6.78. The van der Waals surface area contributed by atoms with Crippen molar-refractivity contribution >= 4 is 17.1 Å². The number of morpholine rings is 1. The molecule has 3 aliphatic rings. The van der Waals surface area contributed by atoms with Gasteiger partial charge in [-0.2, -0.15) is 0 Å². The molecule has 0 N–H and O–H groups in total. The highest BCUT2D eigenvalue weighted by molar-refractivity contribution is 5.66. The smallest absolute Gasteiger partial charge is 0.273 e. The van der Waals surface area contributed by atoms with Crippen molar-refractivity contribution in [3.8, 4) is 0 Å². The molecule has 0 aromatic heterocycles. The summed E-state index contributed by atoms with van der Waals surface area (Å²) in [4.78, 5) is 15.4. The molecule has 0 atom stereocenters. The summed E-state index contributed by atoms with van der Waals surface area (Å²) in [6.07, 6.45) is 1.56. The largest absolute Gasteiger partial charge is 0.378 e. The Kier molecular flexibility index (Phi) is 4.49. The van der Waals surface area contributed by atoms with E-state index in [0.717, 1.165) is 50.4 Å². The molecule has 0 amide bonds. The molecular formula is C17H23N3O5. The fourth-order valence-electron chi connectivity index (χ4n) is 3.76. The fourth-order valence-corrected chi connectivity index (χ4v) is 3.76. The van der Waals surface area contributed by atoms with E-state index in [1.54, 1.807) is 12.1 Å². The lowest BCUT2D eigenvalue weighted by atomic mass is 10.0. The first-order valence-corrected chi connectivity index (χ1v) is 8.80. The number of anilines is 2. The summed E-state index contributed by atoms with van der Waals surface area (Å²) in [6.45, 7) is 5.65. The van der Waals surface area contributed by atoms with Crippen molar-refractivity contribution in [2.24, 2.45) is 0 Å². The summed E-state index contributed by atoms with van der Waals surface area (Å²) >= 11 is 0. The summed E-state index contributed by atoms with van der Waals surface area (Å²) in [5, 5.41) is 11.4. The topological polar surface area (TPSA) is 77.3 Å². The van der Waals surface area contributed by atoms with E-state index in [2.05, 4.69) is 9.80 Å². The first-order chi connectivity index (χ1) is 12.2. The Morgan fingerprint density at radius 2 is 1.44 bits per heavy atom. The van der Waals surface area contributed by atoms with E-state index in [4.69, 9.17) is 14.2 Å². The van der Waals surface area contributed by atoms with E-state index in [-0.39, 0.29) is 10.6 Å². The molecule has 1 spiro atoms. The minimum Gasteiger partial charge on any atom is -0.378 e. The van der Waals surface area contributed by atoms with E-state index >= 15 is 0 Å². The number of nitro benzene ring substituents is 1. The Balaban J connectivity index is 1.56. The van der Waals surface area contributed by atoms with Gasteiger partial charge in [0.05, 0.1) is 31.4 Å². The Labute approximate surface area is 146 Å². The summed E-state index contributed by atoms with van der Waals surface area (Å²) < 4.78 is 16.9. The molecule has 136 valence electrons. The molecule has 3 aliphatic heterocycles. The molecule has 1 aromatic rings. The van der Waals surface area contributed by atoms with E-state index in [0.29, 0.717) is 26.4 Å². The van der Waals surface area contributed by atoms with Gasteiger partial charge >= 0.3 is 0 Å². The minimum absolute atomic E-state index is 0.132. The highest BCUT2D eigenvalue weighted by Crippen LogP contribution is 2.36. The maximum atomic E-state index is 11.4. The van der Waals surface area contributed by atoms with Gasteiger partial charge in [0, 0.05) is 62.5 Å². The van der Waals surface area contributed by atoms with Crippen molar-refractivity contribution in [1.82, 2.24) is 0 Å². The number of piperidine rings is 1. The Bertz CT molecular complexity index is 631. The van der Waals surface area contributed by atoms with Crippen LogP contribution < -0.4 is 9.80 Å². The van der Waals surface area contributed by atoms with Gasteiger partial charge < -0.3 is 24.0 Å². The van der Waals surface area contributed by atoms with E-state index < -0.39 is 5.79 Å². The third-order valence-corrected chi connectivity index (χ3v) is 5.18. The number of nitro groups is 1. The fraction of sp³-hybridized carbons (Fsp3) is 0.647. The van der Waals surface area contributed by atoms with Gasteiger partial charge in [0.2, 0.25) is 0 Å². The number of rotatable bonds is 3. The van der Waals surface area contributed by atoms with Gasteiger partial charge in [-0.1, -0.05) is 0 Å². The van der Waals surface area contributed by atoms with E-state index in [9.17, 15) is 10.1 Å². The number of ether oxygens (including phenoxy) is 3. The molecule has 8 heteroatoms.